The second kappa shape index (κ2) is 7.76. The monoisotopic (exact) mass is 370 g/mol. The maximum absolute atomic E-state index is 13.5. The first-order chi connectivity index (χ1) is 13.1. The van der Waals surface area contributed by atoms with Gasteiger partial charge in [-0.2, -0.15) is 0 Å². The van der Waals surface area contributed by atoms with Crippen LogP contribution in [0.2, 0.25) is 0 Å². The average molecular weight is 370 g/mol. The van der Waals surface area contributed by atoms with E-state index in [9.17, 15) is 14.3 Å². The molecule has 0 unspecified atom stereocenters. The summed E-state index contributed by atoms with van der Waals surface area (Å²) in [5.74, 6) is -0.538. The summed E-state index contributed by atoms with van der Waals surface area (Å²) in [6, 6.07) is 13.9. The molecule has 0 aromatic heterocycles. The quantitative estimate of drug-likeness (QED) is 0.844. The van der Waals surface area contributed by atoms with E-state index in [2.05, 4.69) is 11.4 Å². The van der Waals surface area contributed by atoms with Gasteiger partial charge in [-0.1, -0.05) is 36.4 Å². The van der Waals surface area contributed by atoms with Crippen LogP contribution in [-0.2, 0) is 16.0 Å². The number of fused-ring (bicyclic) bond motifs is 1. The van der Waals surface area contributed by atoms with Crippen LogP contribution in [0.1, 0.15) is 22.7 Å². The molecule has 5 nitrogen and oxygen atoms in total. The number of ether oxygens (including phenoxy) is 1. The smallest absolute Gasteiger partial charge is 0.255 e. The van der Waals surface area contributed by atoms with Gasteiger partial charge in [0.25, 0.3) is 5.91 Å². The molecule has 142 valence electrons. The minimum absolute atomic E-state index is 0.227. The van der Waals surface area contributed by atoms with E-state index in [4.69, 9.17) is 4.74 Å². The first kappa shape index (κ1) is 18.1. The lowest BCUT2D eigenvalue weighted by Gasteiger charge is -2.39. The number of rotatable bonds is 2. The maximum atomic E-state index is 13.5. The fraction of sp³-hybridized carbons (Fsp3) is 0.381. The van der Waals surface area contributed by atoms with Crippen molar-refractivity contribution in [3.05, 3.63) is 71.0 Å². The Morgan fingerprint density at radius 1 is 1.19 bits per heavy atom. The number of nitrogens with zero attached hydrogens (tertiary/aromatic N) is 1. The van der Waals surface area contributed by atoms with Crippen LogP contribution in [0.4, 0.5) is 4.39 Å². The summed E-state index contributed by atoms with van der Waals surface area (Å²) in [5, 5.41) is 13.4. The van der Waals surface area contributed by atoms with Gasteiger partial charge in [0.1, 0.15) is 11.9 Å². The number of nitrogens with one attached hydrogen (secondary N) is 1. The summed E-state index contributed by atoms with van der Waals surface area (Å²) in [6.45, 7) is 1.82. The number of carbonyl (C=O) groups is 1. The van der Waals surface area contributed by atoms with Crippen LogP contribution in [0.5, 0.6) is 0 Å². The predicted octanol–water partition coefficient (Wildman–Crippen LogP) is 1.65. The lowest BCUT2D eigenvalue weighted by atomic mass is 9.87. The van der Waals surface area contributed by atoms with Crippen molar-refractivity contribution < 1.29 is 19.0 Å². The molecule has 2 aliphatic rings. The van der Waals surface area contributed by atoms with E-state index in [1.165, 1.54) is 17.7 Å². The highest BCUT2D eigenvalue weighted by Gasteiger charge is 2.38. The highest BCUT2D eigenvalue weighted by atomic mass is 19.1. The van der Waals surface area contributed by atoms with E-state index in [1.54, 1.807) is 17.0 Å². The van der Waals surface area contributed by atoms with Gasteiger partial charge in [-0.25, -0.2) is 4.39 Å². The van der Waals surface area contributed by atoms with E-state index in [0.717, 1.165) is 17.5 Å². The molecule has 27 heavy (non-hydrogen) atoms. The van der Waals surface area contributed by atoms with Crippen molar-refractivity contribution in [1.82, 2.24) is 10.2 Å². The molecule has 0 spiro atoms. The van der Waals surface area contributed by atoms with Gasteiger partial charge >= 0.3 is 0 Å². The van der Waals surface area contributed by atoms with Crippen LogP contribution in [0.15, 0.2) is 48.5 Å². The van der Waals surface area contributed by atoms with Gasteiger partial charge in [-0.15, -0.1) is 0 Å². The summed E-state index contributed by atoms with van der Waals surface area (Å²) >= 11 is 0. The van der Waals surface area contributed by atoms with Crippen molar-refractivity contribution in [2.75, 3.05) is 26.2 Å². The molecule has 1 saturated heterocycles. The fourth-order valence-corrected chi connectivity index (χ4v) is 3.93. The lowest BCUT2D eigenvalue weighted by molar-refractivity contribution is -0.152. The highest BCUT2D eigenvalue weighted by Crippen LogP contribution is 2.36. The Morgan fingerprint density at radius 2 is 1.96 bits per heavy atom. The number of amides is 1. The maximum Gasteiger partial charge on any atom is 0.255 e. The molecule has 2 aliphatic heterocycles. The molecule has 2 aromatic carbocycles. The van der Waals surface area contributed by atoms with Gasteiger partial charge in [0.2, 0.25) is 0 Å². The summed E-state index contributed by atoms with van der Waals surface area (Å²) < 4.78 is 19.1. The molecule has 1 fully saturated rings. The third kappa shape index (κ3) is 3.60. The van der Waals surface area contributed by atoms with Gasteiger partial charge in [0.05, 0.1) is 12.6 Å². The molecule has 2 aromatic rings. The number of aliphatic hydroxyl groups is 1. The summed E-state index contributed by atoms with van der Waals surface area (Å²) in [5.41, 5.74) is 3.06. The van der Waals surface area contributed by atoms with E-state index < -0.39 is 12.2 Å². The van der Waals surface area contributed by atoms with Crippen molar-refractivity contribution in [2.24, 2.45) is 0 Å². The summed E-state index contributed by atoms with van der Waals surface area (Å²) in [7, 11) is 0. The number of β-amino-alcohol motifs (C(OH)–C–C–N with tert-alkyl or cyclic N) is 1. The lowest BCUT2D eigenvalue weighted by Crippen LogP contribution is -2.51. The normalized spacial score (nSPS) is 25.6. The summed E-state index contributed by atoms with van der Waals surface area (Å²) in [6.07, 6.45) is -1.06. The molecule has 6 heteroatoms. The Labute approximate surface area is 157 Å². The number of hydrogen-bond acceptors (Lipinski definition) is 4. The molecule has 2 N–H and O–H groups in total. The number of aliphatic hydroxyl groups excluding tert-OH is 1. The Morgan fingerprint density at radius 3 is 2.78 bits per heavy atom. The number of hydrogen-bond donors (Lipinski definition) is 2. The number of benzene rings is 2. The Kier molecular flexibility index (Phi) is 5.20. The zero-order valence-corrected chi connectivity index (χ0v) is 15.0. The molecule has 0 aliphatic carbocycles. The molecule has 0 saturated carbocycles. The number of halogens is 1. The zero-order chi connectivity index (χ0) is 18.8. The highest BCUT2D eigenvalue weighted by molar-refractivity contribution is 5.83. The summed E-state index contributed by atoms with van der Waals surface area (Å²) in [4.78, 5) is 15.1. The SMILES string of the molecule is O=C([C@H]1OCCNC[C@H]1O)N1CCc2ccccc2[C@@H]1c1ccc(F)cc1. The van der Waals surface area contributed by atoms with Crippen molar-refractivity contribution in [2.45, 2.75) is 24.7 Å². The van der Waals surface area contributed by atoms with E-state index in [-0.39, 0.29) is 17.8 Å². The topological polar surface area (TPSA) is 61.8 Å². The second-order valence-corrected chi connectivity index (χ2v) is 7.00. The first-order valence-electron chi connectivity index (χ1n) is 9.29. The molecule has 0 bridgehead atoms. The van der Waals surface area contributed by atoms with Crippen molar-refractivity contribution in [3.63, 3.8) is 0 Å². The van der Waals surface area contributed by atoms with Gasteiger partial charge in [0.15, 0.2) is 6.10 Å². The van der Waals surface area contributed by atoms with E-state index in [0.29, 0.717) is 26.2 Å². The zero-order valence-electron chi connectivity index (χ0n) is 15.0. The third-order valence-electron chi connectivity index (χ3n) is 5.27. The van der Waals surface area contributed by atoms with Crippen LogP contribution in [0, 0.1) is 5.82 Å². The third-order valence-corrected chi connectivity index (χ3v) is 5.27. The molecule has 2 heterocycles. The van der Waals surface area contributed by atoms with Gasteiger partial charge < -0.3 is 20.1 Å². The van der Waals surface area contributed by atoms with Crippen molar-refractivity contribution >= 4 is 5.91 Å². The van der Waals surface area contributed by atoms with E-state index >= 15 is 0 Å². The standard InChI is InChI=1S/C21H23FN2O3/c22-16-7-5-15(6-8-16)19-17-4-2-1-3-14(17)9-11-24(19)21(26)20-18(25)13-23-10-12-27-20/h1-8,18-20,23,25H,9-13H2/t18-,19+,20+/m1/s1. The fourth-order valence-electron chi connectivity index (χ4n) is 3.93. The van der Waals surface area contributed by atoms with E-state index in [1.807, 2.05) is 18.2 Å². The van der Waals surface area contributed by atoms with Crippen LogP contribution in [0.3, 0.4) is 0 Å². The first-order valence-corrected chi connectivity index (χ1v) is 9.29. The molecule has 4 rings (SSSR count). The van der Waals surface area contributed by atoms with Crippen molar-refractivity contribution in [3.8, 4) is 0 Å². The van der Waals surface area contributed by atoms with Gasteiger partial charge in [-0.3, -0.25) is 4.79 Å². The van der Waals surface area contributed by atoms with Gasteiger partial charge in [-0.05, 0) is 35.2 Å². The Bertz CT molecular complexity index is 811. The molecule has 1 amide bonds. The minimum Gasteiger partial charge on any atom is -0.389 e. The van der Waals surface area contributed by atoms with Crippen LogP contribution >= 0.6 is 0 Å². The number of carbonyl (C=O) groups excluding carboxylic acids is 1. The van der Waals surface area contributed by atoms with Crippen LogP contribution < -0.4 is 5.32 Å². The van der Waals surface area contributed by atoms with Crippen LogP contribution in [0.25, 0.3) is 0 Å². The second-order valence-electron chi connectivity index (χ2n) is 7.00. The largest absolute Gasteiger partial charge is 0.389 e. The van der Waals surface area contributed by atoms with Gasteiger partial charge in [0, 0.05) is 19.6 Å². The minimum atomic E-state index is -0.897. The Hall–Kier alpha value is -2.28. The predicted molar refractivity (Wildman–Crippen MR) is 98.7 cm³/mol. The van der Waals surface area contributed by atoms with Crippen LogP contribution in [-0.4, -0.2) is 54.4 Å². The Balaban J connectivity index is 1.72. The average Bonchev–Trinajstić information content (AvgIpc) is 2.91. The molecular weight excluding hydrogens is 347 g/mol. The molecular formula is C21H23FN2O3. The molecule has 3 atom stereocenters. The molecule has 0 radical (unpaired) electrons. The van der Waals surface area contributed by atoms with Crippen molar-refractivity contribution in [1.29, 1.82) is 0 Å².